The summed E-state index contributed by atoms with van der Waals surface area (Å²) in [5.41, 5.74) is 5.81. The van der Waals surface area contributed by atoms with Crippen LogP contribution in [0.2, 0.25) is 0 Å². The molecule has 0 radical (unpaired) electrons. The predicted molar refractivity (Wildman–Crippen MR) is 142 cm³/mol. The van der Waals surface area contributed by atoms with Crippen LogP contribution in [0.4, 0.5) is 4.79 Å². The molecule has 2 aliphatic heterocycles. The van der Waals surface area contributed by atoms with Crippen LogP contribution in [0, 0.1) is 20.8 Å². The van der Waals surface area contributed by atoms with Gasteiger partial charge < -0.3 is 15.0 Å². The number of amides is 3. The van der Waals surface area contributed by atoms with Crippen LogP contribution in [-0.4, -0.2) is 79.0 Å². The van der Waals surface area contributed by atoms with Gasteiger partial charge in [0.2, 0.25) is 0 Å². The minimum atomic E-state index is -0.595. The number of piperazine rings is 1. The third-order valence-electron chi connectivity index (χ3n) is 7.15. The van der Waals surface area contributed by atoms with E-state index in [1.165, 1.54) is 4.90 Å². The van der Waals surface area contributed by atoms with Gasteiger partial charge in [0, 0.05) is 51.0 Å². The highest BCUT2D eigenvalue weighted by Gasteiger charge is 2.38. The quantitative estimate of drug-likeness (QED) is 0.608. The van der Waals surface area contributed by atoms with Gasteiger partial charge in [-0.05, 0) is 51.0 Å². The van der Waals surface area contributed by atoms with Crippen molar-refractivity contribution in [2.24, 2.45) is 0 Å². The molecule has 0 bridgehead atoms. The topological polar surface area (TPSA) is 82.2 Å². The molecule has 1 saturated heterocycles. The Balaban J connectivity index is 1.59. The van der Waals surface area contributed by atoms with Gasteiger partial charge in [-0.25, -0.2) is 9.59 Å². The second-order valence-corrected chi connectivity index (χ2v) is 9.82. The number of esters is 1. The first-order valence-corrected chi connectivity index (χ1v) is 12.8. The zero-order valence-corrected chi connectivity index (χ0v) is 22.3. The Morgan fingerprint density at radius 1 is 0.973 bits per heavy atom. The second-order valence-electron chi connectivity index (χ2n) is 9.82. The van der Waals surface area contributed by atoms with E-state index in [1.54, 1.807) is 14.0 Å². The van der Waals surface area contributed by atoms with Gasteiger partial charge in [-0.3, -0.25) is 14.6 Å². The second kappa shape index (κ2) is 11.2. The number of likely N-dealkylation sites (N-methyl/N-ethyl adjacent to an activating group) is 1. The summed E-state index contributed by atoms with van der Waals surface area (Å²) in [7, 11) is 1.68. The van der Waals surface area contributed by atoms with E-state index >= 15 is 0 Å². The maximum atomic E-state index is 13.3. The number of benzene rings is 2. The summed E-state index contributed by atoms with van der Waals surface area (Å²) in [6.45, 7) is 10.8. The lowest BCUT2D eigenvalue weighted by atomic mass is 9.90. The smallest absolute Gasteiger partial charge is 0.338 e. The van der Waals surface area contributed by atoms with Gasteiger partial charge in [0.25, 0.3) is 5.91 Å². The van der Waals surface area contributed by atoms with Gasteiger partial charge in [-0.1, -0.05) is 41.5 Å². The Bertz CT molecular complexity index is 1210. The number of aryl methyl sites for hydroxylation is 3. The van der Waals surface area contributed by atoms with Crippen molar-refractivity contribution in [1.82, 2.24) is 20.0 Å². The number of nitrogens with one attached hydrogen (secondary N) is 1. The fraction of sp³-hybridized carbons (Fsp3) is 0.414. The van der Waals surface area contributed by atoms with Crippen molar-refractivity contribution in [3.63, 3.8) is 0 Å². The maximum Gasteiger partial charge on any atom is 0.338 e. The summed E-state index contributed by atoms with van der Waals surface area (Å²) in [5.74, 6) is -0.404. The first-order valence-electron chi connectivity index (χ1n) is 12.8. The van der Waals surface area contributed by atoms with Crippen molar-refractivity contribution in [3.05, 3.63) is 81.6 Å². The molecule has 0 unspecified atom stereocenters. The molecular weight excluding hydrogens is 468 g/mol. The Hall–Kier alpha value is -3.65. The number of carbonyl (C=O) groups is 3. The Kier molecular flexibility index (Phi) is 7.97. The highest BCUT2D eigenvalue weighted by atomic mass is 16.5. The molecular formula is C29H36N4O4. The predicted octanol–water partition coefficient (Wildman–Crippen LogP) is 3.58. The summed E-state index contributed by atoms with van der Waals surface area (Å²) in [6.07, 6.45) is 0. The Labute approximate surface area is 218 Å². The number of hydrogen-bond acceptors (Lipinski definition) is 5. The molecule has 8 nitrogen and oxygen atoms in total. The van der Waals surface area contributed by atoms with Crippen LogP contribution in [0.1, 0.15) is 45.6 Å². The molecule has 0 aromatic heterocycles. The number of carbonyl (C=O) groups excluding carboxylic acids is 3. The molecule has 37 heavy (non-hydrogen) atoms. The first-order chi connectivity index (χ1) is 17.7. The van der Waals surface area contributed by atoms with Crippen LogP contribution in [0.5, 0.6) is 0 Å². The van der Waals surface area contributed by atoms with E-state index in [-0.39, 0.29) is 18.5 Å². The molecule has 2 heterocycles. The van der Waals surface area contributed by atoms with Gasteiger partial charge in [0.15, 0.2) is 0 Å². The van der Waals surface area contributed by atoms with Gasteiger partial charge in [0.05, 0.1) is 18.2 Å². The minimum Gasteiger partial charge on any atom is -0.463 e. The summed E-state index contributed by atoms with van der Waals surface area (Å²) < 4.78 is 5.47. The molecule has 3 amide bonds. The lowest BCUT2D eigenvalue weighted by Gasteiger charge is -2.39. The molecule has 196 valence electrons. The van der Waals surface area contributed by atoms with Crippen LogP contribution in [0.15, 0.2) is 53.7 Å². The summed E-state index contributed by atoms with van der Waals surface area (Å²) >= 11 is 0. The summed E-state index contributed by atoms with van der Waals surface area (Å²) in [6, 6.07) is 12.8. The van der Waals surface area contributed by atoms with E-state index < -0.39 is 12.0 Å². The number of hydrogen-bond donors (Lipinski definition) is 1. The largest absolute Gasteiger partial charge is 0.463 e. The average molecular weight is 505 g/mol. The maximum absolute atomic E-state index is 13.3. The minimum absolute atomic E-state index is 0.0234. The van der Waals surface area contributed by atoms with Crippen LogP contribution in [-0.2, 0) is 9.53 Å². The van der Waals surface area contributed by atoms with E-state index in [4.69, 9.17) is 4.74 Å². The van der Waals surface area contributed by atoms with Crippen LogP contribution >= 0.6 is 0 Å². The SMILES string of the molecule is CCOC(=O)C1=C(CN2CCN(C(=O)c3ccc(C)cc3)CC2)N(C)C(=O)N[C@H]1c1cc(C)ccc1C. The zero-order valence-electron chi connectivity index (χ0n) is 22.3. The average Bonchev–Trinajstić information content (AvgIpc) is 2.88. The van der Waals surface area contributed by atoms with Crippen LogP contribution < -0.4 is 5.32 Å². The van der Waals surface area contributed by atoms with Gasteiger partial charge in [0.1, 0.15) is 0 Å². The Morgan fingerprint density at radius 2 is 1.62 bits per heavy atom. The molecule has 2 aromatic carbocycles. The molecule has 0 spiro atoms. The standard InChI is InChI=1S/C29H36N4O4/c1-6-37-28(35)25-24(31(5)29(36)30-26(25)23-17-20(3)7-10-21(23)4)18-32-13-15-33(16-14-32)27(34)22-11-8-19(2)9-12-22/h7-12,17,26H,6,13-16,18H2,1-5H3,(H,30,36)/t26-/m0/s1. The van der Waals surface area contributed by atoms with E-state index in [9.17, 15) is 14.4 Å². The highest BCUT2D eigenvalue weighted by Crippen LogP contribution is 2.33. The third kappa shape index (κ3) is 5.69. The molecule has 1 fully saturated rings. The Morgan fingerprint density at radius 3 is 2.27 bits per heavy atom. The number of nitrogens with zero attached hydrogens (tertiary/aromatic N) is 3. The van der Waals surface area contributed by atoms with Crippen molar-refractivity contribution < 1.29 is 19.1 Å². The third-order valence-corrected chi connectivity index (χ3v) is 7.15. The molecule has 0 aliphatic carbocycles. The van der Waals surface area contributed by atoms with Gasteiger partial charge in [-0.2, -0.15) is 0 Å². The summed E-state index contributed by atoms with van der Waals surface area (Å²) in [4.78, 5) is 44.8. The first kappa shape index (κ1) is 26.4. The van der Waals surface area contributed by atoms with E-state index in [0.29, 0.717) is 49.6 Å². The molecule has 4 rings (SSSR count). The van der Waals surface area contributed by atoms with Crippen molar-refractivity contribution >= 4 is 17.9 Å². The van der Waals surface area contributed by atoms with Gasteiger partial charge >= 0.3 is 12.0 Å². The fourth-order valence-corrected chi connectivity index (χ4v) is 4.90. The fourth-order valence-electron chi connectivity index (χ4n) is 4.90. The zero-order chi connectivity index (χ0) is 26.7. The van der Waals surface area contributed by atoms with Crippen LogP contribution in [0.3, 0.4) is 0 Å². The molecule has 0 saturated carbocycles. The van der Waals surface area contributed by atoms with Crippen LogP contribution in [0.25, 0.3) is 0 Å². The summed E-state index contributed by atoms with van der Waals surface area (Å²) in [5, 5.41) is 3.01. The number of urea groups is 1. The molecule has 1 N–H and O–H groups in total. The highest BCUT2D eigenvalue weighted by molar-refractivity contribution is 5.95. The van der Waals surface area contributed by atoms with Crippen molar-refractivity contribution in [1.29, 1.82) is 0 Å². The lowest BCUT2D eigenvalue weighted by Crippen LogP contribution is -2.53. The molecule has 2 aliphatic rings. The normalized spacial score (nSPS) is 18.6. The number of ether oxygens (including phenoxy) is 1. The van der Waals surface area contributed by atoms with Gasteiger partial charge in [-0.15, -0.1) is 0 Å². The van der Waals surface area contributed by atoms with E-state index in [1.807, 2.05) is 68.1 Å². The van der Waals surface area contributed by atoms with Crippen molar-refractivity contribution in [2.75, 3.05) is 46.4 Å². The van der Waals surface area contributed by atoms with Crippen molar-refractivity contribution in [2.45, 2.75) is 33.7 Å². The van der Waals surface area contributed by atoms with E-state index in [0.717, 1.165) is 22.3 Å². The monoisotopic (exact) mass is 504 g/mol. The molecule has 8 heteroatoms. The molecule has 2 aromatic rings. The van der Waals surface area contributed by atoms with E-state index in [2.05, 4.69) is 10.2 Å². The lowest BCUT2D eigenvalue weighted by molar-refractivity contribution is -0.139. The molecule has 1 atom stereocenters. The number of rotatable bonds is 6. The van der Waals surface area contributed by atoms with Crippen molar-refractivity contribution in [3.8, 4) is 0 Å².